The Kier molecular flexibility index (Phi) is 7.96. The third-order valence-electron chi connectivity index (χ3n) is 6.64. The van der Waals surface area contributed by atoms with Crippen LogP contribution in [0.4, 0.5) is 8.78 Å². The number of ether oxygens (including phenoxy) is 2. The van der Waals surface area contributed by atoms with Crippen molar-refractivity contribution >= 4 is 11.9 Å². The molecule has 2 aliphatic rings. The van der Waals surface area contributed by atoms with Gasteiger partial charge in [-0.15, -0.1) is 0 Å². The number of aliphatic hydroxyl groups is 1. The quantitative estimate of drug-likeness (QED) is 0.407. The molecule has 1 heterocycles. The van der Waals surface area contributed by atoms with Crippen LogP contribution in [0, 0.1) is 0 Å². The molecule has 0 radical (unpaired) electrons. The van der Waals surface area contributed by atoms with Crippen molar-refractivity contribution in [2.45, 2.75) is 69.9 Å². The molecule has 200 valence electrons. The van der Waals surface area contributed by atoms with Crippen molar-refractivity contribution < 1.29 is 33.0 Å². The highest BCUT2D eigenvalue weighted by Gasteiger charge is 2.37. The molecule has 4 rings (SSSR count). The summed E-state index contributed by atoms with van der Waals surface area (Å²) in [4.78, 5) is 27.0. The monoisotopic (exact) mass is 516 g/mol. The smallest absolute Gasteiger partial charge is 0.324 e. The lowest BCUT2D eigenvalue weighted by Gasteiger charge is -2.33. The number of piperidine rings is 1. The largest absolute Gasteiger partial charge is 0.459 e. The van der Waals surface area contributed by atoms with Crippen LogP contribution in [0.1, 0.15) is 57.1 Å². The summed E-state index contributed by atoms with van der Waals surface area (Å²) in [6.45, 7) is 5.03. The van der Waals surface area contributed by atoms with Gasteiger partial charge in [-0.25, -0.2) is 8.78 Å². The first-order valence-corrected chi connectivity index (χ1v) is 12.6. The molecule has 1 fully saturated rings. The minimum Gasteiger partial charge on any atom is -0.459 e. The Bertz CT molecular complexity index is 1080. The number of nitrogens with zero attached hydrogens (tertiary/aromatic N) is 1. The van der Waals surface area contributed by atoms with Crippen molar-refractivity contribution in [1.82, 2.24) is 10.2 Å². The van der Waals surface area contributed by atoms with Crippen LogP contribution in [-0.2, 0) is 19.1 Å². The van der Waals surface area contributed by atoms with Crippen molar-refractivity contribution in [1.29, 1.82) is 0 Å². The number of carbonyl (C=O) groups is 2. The highest BCUT2D eigenvalue weighted by atomic mass is 19.3. The number of likely N-dealkylation sites (tertiary alicyclic amines) is 1. The number of carbonyl (C=O) groups excluding carboxylic acids is 2. The number of hydrogen-bond acceptors (Lipinski definition) is 6. The molecule has 2 atom stereocenters. The fourth-order valence-corrected chi connectivity index (χ4v) is 4.82. The van der Waals surface area contributed by atoms with Gasteiger partial charge >= 0.3 is 5.97 Å². The first kappa shape index (κ1) is 27.2. The van der Waals surface area contributed by atoms with E-state index in [0.29, 0.717) is 0 Å². The normalized spacial score (nSPS) is 18.6. The Morgan fingerprint density at radius 1 is 1.05 bits per heavy atom. The van der Waals surface area contributed by atoms with Crippen LogP contribution in [0.25, 0.3) is 11.1 Å². The average Bonchev–Trinajstić information content (AvgIpc) is 3.15. The first-order chi connectivity index (χ1) is 17.4. The SMILES string of the molecule is CC(C)(C)OC(=O)[C@H](CC(=O)N1CCC(F)(F)CC1)NC(O)OCC1c2ccccc2-c2ccccc21. The van der Waals surface area contributed by atoms with Crippen molar-refractivity contribution in [3.63, 3.8) is 0 Å². The predicted octanol–water partition coefficient (Wildman–Crippen LogP) is 4.04. The van der Waals surface area contributed by atoms with E-state index < -0.39 is 48.7 Å². The maximum atomic E-state index is 13.5. The minimum atomic E-state index is -2.79. The predicted molar refractivity (Wildman–Crippen MR) is 134 cm³/mol. The zero-order valence-electron chi connectivity index (χ0n) is 21.4. The summed E-state index contributed by atoms with van der Waals surface area (Å²) in [5.74, 6) is -4.10. The molecule has 1 saturated heterocycles. The fourth-order valence-electron chi connectivity index (χ4n) is 4.82. The molecule has 0 spiro atoms. The van der Waals surface area contributed by atoms with E-state index in [4.69, 9.17) is 9.47 Å². The van der Waals surface area contributed by atoms with E-state index in [2.05, 4.69) is 5.32 Å². The highest BCUT2D eigenvalue weighted by molar-refractivity contribution is 5.85. The van der Waals surface area contributed by atoms with Crippen molar-refractivity contribution in [3.8, 4) is 11.1 Å². The number of halogens is 2. The molecular formula is C28H34F2N2O5. The number of hydrogen-bond donors (Lipinski definition) is 2. The van der Waals surface area contributed by atoms with Crippen molar-refractivity contribution in [2.24, 2.45) is 0 Å². The van der Waals surface area contributed by atoms with Gasteiger partial charge in [0.2, 0.25) is 12.3 Å². The van der Waals surface area contributed by atoms with Gasteiger partial charge in [0.15, 0.2) is 0 Å². The standard InChI is InChI=1S/C28H34F2N2O5/c1-27(2,3)37-25(34)23(16-24(33)32-14-12-28(29,30)13-15-32)31-26(35)36-17-22-20-10-6-4-8-18(20)19-9-5-7-11-21(19)22/h4-11,22-23,26,31,35H,12-17H2,1-3H3/t23-,26?/m0/s1. The molecule has 0 bridgehead atoms. The molecule has 2 aromatic carbocycles. The Morgan fingerprint density at radius 3 is 2.14 bits per heavy atom. The van der Waals surface area contributed by atoms with E-state index in [0.717, 1.165) is 22.3 Å². The van der Waals surface area contributed by atoms with Gasteiger partial charge in [-0.05, 0) is 43.0 Å². The molecule has 0 aromatic heterocycles. The molecule has 0 saturated carbocycles. The zero-order chi connectivity index (χ0) is 26.8. The molecule has 1 aliphatic heterocycles. The molecular weight excluding hydrogens is 482 g/mol. The average molecular weight is 517 g/mol. The molecule has 2 aromatic rings. The summed E-state index contributed by atoms with van der Waals surface area (Å²) >= 11 is 0. The summed E-state index contributed by atoms with van der Waals surface area (Å²) in [6, 6.07) is 14.8. The summed E-state index contributed by atoms with van der Waals surface area (Å²) in [5.41, 5.74) is 3.56. The van der Waals surface area contributed by atoms with Gasteiger partial charge in [0.1, 0.15) is 11.6 Å². The maximum absolute atomic E-state index is 13.5. The lowest BCUT2D eigenvalue weighted by molar-refractivity contribution is -0.169. The lowest BCUT2D eigenvalue weighted by Crippen LogP contribution is -2.51. The van der Waals surface area contributed by atoms with Crippen molar-refractivity contribution in [3.05, 3.63) is 59.7 Å². The van der Waals surface area contributed by atoms with E-state index in [9.17, 15) is 23.5 Å². The molecule has 9 heteroatoms. The Balaban J connectivity index is 1.41. The molecule has 1 amide bonds. The third kappa shape index (κ3) is 6.71. The fraction of sp³-hybridized carbons (Fsp3) is 0.500. The maximum Gasteiger partial charge on any atom is 0.324 e. The number of nitrogens with one attached hydrogen (secondary N) is 1. The number of esters is 1. The number of aliphatic hydroxyl groups excluding tert-OH is 1. The van der Waals surface area contributed by atoms with Gasteiger partial charge in [0.25, 0.3) is 5.92 Å². The lowest BCUT2D eigenvalue weighted by atomic mass is 9.98. The number of alkyl halides is 2. The van der Waals surface area contributed by atoms with Gasteiger partial charge in [-0.1, -0.05) is 48.5 Å². The summed E-state index contributed by atoms with van der Waals surface area (Å²) in [7, 11) is 0. The number of benzene rings is 2. The molecule has 1 aliphatic carbocycles. The second-order valence-corrected chi connectivity index (χ2v) is 10.6. The van der Waals surface area contributed by atoms with Crippen molar-refractivity contribution in [2.75, 3.05) is 19.7 Å². The second-order valence-electron chi connectivity index (χ2n) is 10.6. The van der Waals surface area contributed by atoms with E-state index in [1.165, 1.54) is 4.90 Å². The minimum absolute atomic E-state index is 0.0908. The van der Waals surface area contributed by atoms with Gasteiger partial charge in [0.05, 0.1) is 13.0 Å². The Morgan fingerprint density at radius 2 is 1.59 bits per heavy atom. The van der Waals surface area contributed by atoms with Crippen LogP contribution < -0.4 is 5.32 Å². The molecule has 37 heavy (non-hydrogen) atoms. The van der Waals surface area contributed by atoms with Gasteiger partial charge < -0.3 is 19.5 Å². The Labute approximate surface area is 215 Å². The summed E-state index contributed by atoms with van der Waals surface area (Å²) < 4.78 is 38.2. The number of rotatable bonds is 8. The van der Waals surface area contributed by atoms with Gasteiger partial charge in [-0.3, -0.25) is 14.9 Å². The molecule has 2 N–H and O–H groups in total. The second kappa shape index (κ2) is 10.8. The van der Waals surface area contributed by atoms with Crippen LogP contribution in [0.15, 0.2) is 48.5 Å². The first-order valence-electron chi connectivity index (χ1n) is 12.6. The topological polar surface area (TPSA) is 88.1 Å². The Hall–Kier alpha value is -2.88. The highest BCUT2D eigenvalue weighted by Crippen LogP contribution is 2.44. The van der Waals surface area contributed by atoms with E-state index >= 15 is 0 Å². The summed E-state index contributed by atoms with van der Waals surface area (Å²) in [6.07, 6.45) is -2.75. The van der Waals surface area contributed by atoms with Crippen LogP contribution in [-0.4, -0.2) is 65.6 Å². The van der Waals surface area contributed by atoms with E-state index in [-0.39, 0.29) is 32.0 Å². The van der Waals surface area contributed by atoms with Gasteiger partial charge in [0, 0.05) is 31.8 Å². The van der Waals surface area contributed by atoms with Crippen LogP contribution in [0.3, 0.4) is 0 Å². The van der Waals surface area contributed by atoms with E-state index in [1.807, 2.05) is 48.5 Å². The van der Waals surface area contributed by atoms with Crippen LogP contribution in [0.2, 0.25) is 0 Å². The zero-order valence-corrected chi connectivity index (χ0v) is 21.4. The third-order valence-corrected chi connectivity index (χ3v) is 6.64. The van der Waals surface area contributed by atoms with Crippen LogP contribution in [0.5, 0.6) is 0 Å². The molecule has 7 nitrogen and oxygen atoms in total. The van der Waals surface area contributed by atoms with Crippen LogP contribution >= 0.6 is 0 Å². The number of fused-ring (bicyclic) bond motifs is 3. The molecule has 1 unspecified atom stereocenters. The summed E-state index contributed by atoms with van der Waals surface area (Å²) in [5, 5.41) is 13.3. The van der Waals surface area contributed by atoms with Gasteiger partial charge in [-0.2, -0.15) is 0 Å². The number of amides is 1. The van der Waals surface area contributed by atoms with E-state index in [1.54, 1.807) is 20.8 Å².